The highest BCUT2D eigenvalue weighted by molar-refractivity contribution is 6.98. The Morgan fingerprint density at radius 3 is 2.34 bits per heavy atom. The van der Waals surface area contributed by atoms with Crippen LogP contribution in [0.3, 0.4) is 0 Å². The van der Waals surface area contributed by atoms with E-state index in [1.165, 1.54) is 49.7 Å². The van der Waals surface area contributed by atoms with E-state index < -0.39 is 0 Å². The number of benzene rings is 3. The van der Waals surface area contributed by atoms with Crippen LogP contribution in [0.4, 0.5) is 0 Å². The molecule has 4 aromatic rings. The van der Waals surface area contributed by atoms with Gasteiger partial charge in [0, 0.05) is 27.6 Å². The van der Waals surface area contributed by atoms with E-state index >= 15 is 0 Å². The van der Waals surface area contributed by atoms with E-state index in [4.69, 9.17) is 0 Å². The third-order valence-electron chi connectivity index (χ3n) is 7.04. The van der Waals surface area contributed by atoms with Crippen LogP contribution >= 0.6 is 0 Å². The van der Waals surface area contributed by atoms with Crippen LogP contribution in [0.5, 0.6) is 0 Å². The van der Waals surface area contributed by atoms with Crippen molar-refractivity contribution >= 4 is 46.2 Å². The average Bonchev–Trinajstić information content (AvgIpc) is 3.08. The zero-order valence-corrected chi connectivity index (χ0v) is 16.9. The fourth-order valence-electron chi connectivity index (χ4n) is 5.84. The highest BCUT2D eigenvalue weighted by Crippen LogP contribution is 2.38. The van der Waals surface area contributed by atoms with Crippen LogP contribution in [-0.4, -0.2) is 11.3 Å². The van der Waals surface area contributed by atoms with E-state index in [0.29, 0.717) is 0 Å². The molecule has 0 bridgehead atoms. The van der Waals surface area contributed by atoms with Gasteiger partial charge in [-0.15, -0.1) is 0 Å². The second-order valence-corrected chi connectivity index (χ2v) is 8.67. The van der Waals surface area contributed by atoms with Crippen molar-refractivity contribution in [2.24, 2.45) is 0 Å². The fourth-order valence-corrected chi connectivity index (χ4v) is 5.84. The van der Waals surface area contributed by atoms with Gasteiger partial charge in [0.25, 0.3) is 0 Å². The van der Waals surface area contributed by atoms with E-state index in [0.717, 1.165) is 5.69 Å². The van der Waals surface area contributed by atoms with Gasteiger partial charge in [0.05, 0.1) is 5.69 Å². The number of hydrogen-bond donors (Lipinski definition) is 0. The topological polar surface area (TPSA) is 4.93 Å². The molecule has 1 nitrogen and oxygen atoms in total. The van der Waals surface area contributed by atoms with Crippen molar-refractivity contribution in [2.45, 2.75) is 19.3 Å². The molecule has 3 heterocycles. The van der Waals surface area contributed by atoms with Crippen molar-refractivity contribution in [1.82, 2.24) is 4.57 Å². The molecule has 0 saturated carbocycles. The van der Waals surface area contributed by atoms with Gasteiger partial charge in [-0.3, -0.25) is 0 Å². The van der Waals surface area contributed by atoms with E-state index in [1.54, 1.807) is 0 Å². The number of nitrogens with zero attached hydrogens (tertiary/aromatic N) is 1. The Bertz CT molecular complexity index is 1370. The zero-order chi connectivity index (χ0) is 19.9. The lowest BCUT2D eigenvalue weighted by molar-refractivity contribution is 0.645. The Kier molecular flexibility index (Phi) is 3.12. The van der Waals surface area contributed by atoms with E-state index in [2.05, 4.69) is 92.2 Å². The molecule has 0 fully saturated rings. The molecule has 0 spiro atoms. The summed E-state index contributed by atoms with van der Waals surface area (Å²) in [5.74, 6) is 0. The van der Waals surface area contributed by atoms with Gasteiger partial charge in [0.2, 0.25) is 6.71 Å². The smallest absolute Gasteiger partial charge is 0.247 e. The minimum atomic E-state index is -0.0351. The van der Waals surface area contributed by atoms with Crippen molar-refractivity contribution in [3.63, 3.8) is 0 Å². The predicted octanol–water partition coefficient (Wildman–Crippen LogP) is 4.39. The summed E-state index contributed by atoms with van der Waals surface area (Å²) in [7, 11) is 0. The van der Waals surface area contributed by atoms with Crippen molar-refractivity contribution in [1.29, 1.82) is 0 Å². The molecule has 0 amide bonds. The molecule has 6 rings (SSSR count). The number of aromatic nitrogens is 1. The molecule has 0 unspecified atom stereocenters. The lowest BCUT2D eigenvalue weighted by Crippen LogP contribution is -2.63. The molecule has 2 heteroatoms. The summed E-state index contributed by atoms with van der Waals surface area (Å²) in [6.45, 7) is 13.2. The summed E-state index contributed by atoms with van der Waals surface area (Å²) < 4.78 is 2.41. The summed E-state index contributed by atoms with van der Waals surface area (Å²) in [5.41, 5.74) is 11.9. The second kappa shape index (κ2) is 5.42. The average molecular weight is 371 g/mol. The number of hydrogen-bond acceptors (Lipinski definition) is 0. The number of rotatable bonds is 2. The Hall–Kier alpha value is -3.26. The van der Waals surface area contributed by atoms with Crippen molar-refractivity contribution in [3.05, 3.63) is 96.2 Å². The fraction of sp³-hybridized carbons (Fsp3) is 0.111. The normalized spacial score (nSPS) is 15.0. The first kappa shape index (κ1) is 16.7. The molecular weight excluding hydrogens is 349 g/mol. The Balaban J connectivity index is 1.89. The molecule has 1 aromatic heterocycles. The maximum Gasteiger partial charge on any atom is 0.247 e. The summed E-state index contributed by atoms with van der Waals surface area (Å²) in [4.78, 5) is 0. The molecule has 0 N–H and O–H groups in total. The molecule has 0 radical (unpaired) electrons. The third-order valence-corrected chi connectivity index (χ3v) is 7.04. The molecule has 0 saturated heterocycles. The first-order valence-electron chi connectivity index (χ1n) is 10.2. The predicted molar refractivity (Wildman–Crippen MR) is 127 cm³/mol. The first-order chi connectivity index (χ1) is 14.1. The minimum absolute atomic E-state index is 0.0351. The van der Waals surface area contributed by atoms with Gasteiger partial charge >= 0.3 is 0 Å². The number of para-hydroxylation sites is 1. The maximum atomic E-state index is 4.14. The number of fused-ring (bicyclic) bond motifs is 4. The Morgan fingerprint density at radius 2 is 1.55 bits per heavy atom. The van der Waals surface area contributed by atoms with E-state index in [1.807, 2.05) is 12.2 Å². The molecule has 3 aromatic carbocycles. The lowest BCUT2D eigenvalue weighted by Gasteiger charge is -2.41. The quantitative estimate of drug-likeness (QED) is 0.406. The van der Waals surface area contributed by atoms with Gasteiger partial charge in [-0.2, -0.15) is 0 Å². The molecule has 2 aliphatic heterocycles. The van der Waals surface area contributed by atoms with Crippen molar-refractivity contribution in [2.75, 3.05) is 0 Å². The monoisotopic (exact) mass is 371 g/mol. The standard InChI is InChI=1S/C27H22BN/c1-5-17-18-11-9-15-22-26(18)29(23(17)6-2)24-16-10-13-20-25(24)28(22)21-14-8-7-12-19(21)27(20,3)4/h5-16H,1-2H2,3-4H3. The van der Waals surface area contributed by atoms with Crippen LogP contribution in [0.25, 0.3) is 28.7 Å². The zero-order valence-electron chi connectivity index (χ0n) is 16.9. The van der Waals surface area contributed by atoms with Gasteiger partial charge in [0.15, 0.2) is 0 Å². The summed E-state index contributed by atoms with van der Waals surface area (Å²) in [6.07, 6.45) is 3.95. The van der Waals surface area contributed by atoms with Crippen LogP contribution < -0.4 is 16.4 Å². The van der Waals surface area contributed by atoms with Crippen LogP contribution in [0.2, 0.25) is 0 Å². The molecule has 29 heavy (non-hydrogen) atoms. The SMILES string of the molecule is C=Cc1c(C=C)n2c3c(cccc13)B1c3ccccc3C(C)(C)c3cccc-2c31. The summed E-state index contributed by atoms with van der Waals surface area (Å²) in [5, 5.41) is 1.26. The molecular formula is C27H22BN. The van der Waals surface area contributed by atoms with Crippen LogP contribution in [0, 0.1) is 0 Å². The second-order valence-electron chi connectivity index (χ2n) is 8.67. The highest BCUT2D eigenvalue weighted by atomic mass is 15.0. The molecule has 0 aliphatic carbocycles. The van der Waals surface area contributed by atoms with E-state index in [-0.39, 0.29) is 12.1 Å². The largest absolute Gasteiger partial charge is 0.310 e. The van der Waals surface area contributed by atoms with Gasteiger partial charge in [0.1, 0.15) is 0 Å². The van der Waals surface area contributed by atoms with Gasteiger partial charge in [-0.1, -0.05) is 93.1 Å². The Labute approximate surface area is 172 Å². The van der Waals surface area contributed by atoms with E-state index in [9.17, 15) is 0 Å². The first-order valence-corrected chi connectivity index (χ1v) is 10.2. The van der Waals surface area contributed by atoms with Crippen molar-refractivity contribution < 1.29 is 0 Å². The van der Waals surface area contributed by atoms with Crippen LogP contribution in [-0.2, 0) is 5.41 Å². The van der Waals surface area contributed by atoms with Crippen molar-refractivity contribution in [3.8, 4) is 5.69 Å². The van der Waals surface area contributed by atoms with Gasteiger partial charge < -0.3 is 4.57 Å². The highest BCUT2D eigenvalue weighted by Gasteiger charge is 2.44. The maximum absolute atomic E-state index is 4.14. The van der Waals surface area contributed by atoms with Crippen LogP contribution in [0.15, 0.2) is 73.8 Å². The summed E-state index contributed by atoms with van der Waals surface area (Å²) >= 11 is 0. The third kappa shape index (κ3) is 1.83. The van der Waals surface area contributed by atoms with Gasteiger partial charge in [-0.25, -0.2) is 0 Å². The van der Waals surface area contributed by atoms with Crippen LogP contribution in [0.1, 0.15) is 36.2 Å². The lowest BCUT2D eigenvalue weighted by atomic mass is 9.30. The van der Waals surface area contributed by atoms with Gasteiger partial charge in [-0.05, 0) is 34.2 Å². The summed E-state index contributed by atoms with van der Waals surface area (Å²) in [6, 6.07) is 22.5. The molecule has 138 valence electrons. The Morgan fingerprint density at radius 1 is 0.828 bits per heavy atom. The molecule has 2 aliphatic rings. The molecule has 0 atom stereocenters. The minimum Gasteiger partial charge on any atom is -0.310 e.